The second kappa shape index (κ2) is 7.76. The normalized spacial score (nSPS) is 17.5. The molecule has 0 radical (unpaired) electrons. The standard InChI is InChI=1S/C22H23N5OS2/c1-3-7-17-15(5-1)13-19(29-17)21-25-24-20(28-21)14-26-9-11-27(12-10-26)22-23-16-6-2-4-8-18(16)30-22/h2,4,6,8,13H,1,3,5,7,9-12,14H2. The molecule has 1 fully saturated rings. The van der Waals surface area contributed by atoms with E-state index in [1.807, 2.05) is 17.4 Å². The van der Waals surface area contributed by atoms with Gasteiger partial charge in [-0.2, -0.15) is 0 Å². The molecule has 8 heteroatoms. The maximum Gasteiger partial charge on any atom is 0.257 e. The zero-order chi connectivity index (χ0) is 19.9. The van der Waals surface area contributed by atoms with Gasteiger partial charge in [-0.25, -0.2) is 4.98 Å². The number of thiophene rings is 1. The third kappa shape index (κ3) is 3.53. The van der Waals surface area contributed by atoms with Crippen LogP contribution in [-0.4, -0.2) is 46.3 Å². The van der Waals surface area contributed by atoms with Gasteiger partial charge < -0.3 is 9.32 Å². The smallest absolute Gasteiger partial charge is 0.257 e. The Bertz CT molecular complexity index is 1110. The van der Waals surface area contributed by atoms with Gasteiger partial charge in [0.1, 0.15) is 0 Å². The largest absolute Gasteiger partial charge is 0.419 e. The van der Waals surface area contributed by atoms with Gasteiger partial charge in [-0.15, -0.1) is 21.5 Å². The Labute approximate surface area is 183 Å². The molecule has 0 bridgehead atoms. The Kier molecular flexibility index (Phi) is 4.78. The van der Waals surface area contributed by atoms with Gasteiger partial charge in [0.05, 0.1) is 21.6 Å². The van der Waals surface area contributed by atoms with Gasteiger partial charge in [-0.3, -0.25) is 4.90 Å². The molecule has 4 heterocycles. The number of para-hydroxylation sites is 1. The maximum atomic E-state index is 6.02. The van der Waals surface area contributed by atoms with Crippen molar-refractivity contribution in [2.24, 2.45) is 0 Å². The molecule has 6 nitrogen and oxygen atoms in total. The van der Waals surface area contributed by atoms with Gasteiger partial charge >= 0.3 is 0 Å². The Morgan fingerprint density at radius 2 is 1.83 bits per heavy atom. The summed E-state index contributed by atoms with van der Waals surface area (Å²) in [5.41, 5.74) is 2.57. The highest BCUT2D eigenvalue weighted by molar-refractivity contribution is 7.22. The van der Waals surface area contributed by atoms with Crippen LogP contribution in [0, 0.1) is 0 Å². The lowest BCUT2D eigenvalue weighted by molar-refractivity contribution is 0.227. The summed E-state index contributed by atoms with van der Waals surface area (Å²) in [5, 5.41) is 9.78. The quantitative estimate of drug-likeness (QED) is 0.465. The van der Waals surface area contributed by atoms with Gasteiger partial charge in [0.15, 0.2) is 5.13 Å². The highest BCUT2D eigenvalue weighted by atomic mass is 32.1. The van der Waals surface area contributed by atoms with Crippen LogP contribution in [0.2, 0.25) is 0 Å². The van der Waals surface area contributed by atoms with E-state index in [-0.39, 0.29) is 0 Å². The molecule has 6 rings (SSSR count). The fraction of sp³-hybridized carbons (Fsp3) is 0.409. The molecule has 1 aliphatic heterocycles. The van der Waals surface area contributed by atoms with Crippen molar-refractivity contribution < 1.29 is 4.42 Å². The van der Waals surface area contributed by atoms with Crippen molar-refractivity contribution >= 4 is 38.0 Å². The average Bonchev–Trinajstić information content (AvgIpc) is 3.51. The van der Waals surface area contributed by atoms with Crippen molar-refractivity contribution in [3.05, 3.63) is 46.7 Å². The van der Waals surface area contributed by atoms with E-state index in [4.69, 9.17) is 9.40 Å². The second-order valence-electron chi connectivity index (χ2n) is 7.99. The fourth-order valence-corrected chi connectivity index (χ4v) is 6.49. The van der Waals surface area contributed by atoms with E-state index < -0.39 is 0 Å². The number of aromatic nitrogens is 3. The van der Waals surface area contributed by atoms with E-state index in [0.717, 1.165) is 41.7 Å². The van der Waals surface area contributed by atoms with E-state index in [0.29, 0.717) is 18.3 Å². The van der Waals surface area contributed by atoms with Crippen molar-refractivity contribution in [2.75, 3.05) is 31.1 Å². The molecular formula is C22H23N5OS2. The van der Waals surface area contributed by atoms with E-state index in [9.17, 15) is 0 Å². The first-order chi connectivity index (χ1) is 14.8. The van der Waals surface area contributed by atoms with Crippen molar-refractivity contribution in [3.63, 3.8) is 0 Å². The predicted octanol–water partition coefficient (Wildman–Crippen LogP) is 4.61. The summed E-state index contributed by atoms with van der Waals surface area (Å²) < 4.78 is 7.28. The third-order valence-corrected chi connectivity index (χ3v) is 8.28. The van der Waals surface area contributed by atoms with Crippen LogP contribution in [0.5, 0.6) is 0 Å². The molecular weight excluding hydrogens is 414 g/mol. The number of aryl methyl sites for hydroxylation is 2. The van der Waals surface area contributed by atoms with Crippen LogP contribution < -0.4 is 4.90 Å². The number of piperazine rings is 1. The Balaban J connectivity index is 1.09. The zero-order valence-corrected chi connectivity index (χ0v) is 18.3. The number of thiazole rings is 1. The Morgan fingerprint density at radius 3 is 2.70 bits per heavy atom. The molecule has 30 heavy (non-hydrogen) atoms. The average molecular weight is 438 g/mol. The zero-order valence-electron chi connectivity index (χ0n) is 16.7. The monoisotopic (exact) mass is 437 g/mol. The van der Waals surface area contributed by atoms with Crippen LogP contribution in [0.3, 0.4) is 0 Å². The van der Waals surface area contributed by atoms with Crippen LogP contribution in [0.15, 0.2) is 34.7 Å². The van der Waals surface area contributed by atoms with Gasteiger partial charge in [-0.05, 0) is 49.4 Å². The Hall–Kier alpha value is -2.29. The molecule has 154 valence electrons. The molecule has 2 aliphatic rings. The summed E-state index contributed by atoms with van der Waals surface area (Å²) in [4.78, 5) is 12.2. The van der Waals surface area contributed by atoms with E-state index in [1.54, 1.807) is 11.3 Å². The summed E-state index contributed by atoms with van der Waals surface area (Å²) in [7, 11) is 0. The topological polar surface area (TPSA) is 58.3 Å². The van der Waals surface area contributed by atoms with Crippen molar-refractivity contribution in [2.45, 2.75) is 32.2 Å². The van der Waals surface area contributed by atoms with Gasteiger partial charge in [0.25, 0.3) is 5.89 Å². The number of anilines is 1. The first-order valence-electron chi connectivity index (χ1n) is 10.6. The van der Waals surface area contributed by atoms with E-state index in [1.165, 1.54) is 40.8 Å². The van der Waals surface area contributed by atoms with E-state index in [2.05, 4.69) is 44.3 Å². The summed E-state index contributed by atoms with van der Waals surface area (Å²) in [6.45, 7) is 4.60. The molecule has 1 aromatic carbocycles. The molecule has 0 amide bonds. The van der Waals surface area contributed by atoms with E-state index >= 15 is 0 Å². The first kappa shape index (κ1) is 18.5. The number of nitrogens with zero attached hydrogens (tertiary/aromatic N) is 5. The number of fused-ring (bicyclic) bond motifs is 2. The lowest BCUT2D eigenvalue weighted by atomic mass is 9.99. The van der Waals surface area contributed by atoms with Crippen LogP contribution in [0.1, 0.15) is 29.2 Å². The van der Waals surface area contributed by atoms with Gasteiger partial charge in [-0.1, -0.05) is 23.5 Å². The number of rotatable bonds is 4. The van der Waals surface area contributed by atoms with Gasteiger partial charge in [0.2, 0.25) is 5.89 Å². The van der Waals surface area contributed by atoms with Crippen LogP contribution >= 0.6 is 22.7 Å². The minimum atomic E-state index is 0.678. The molecule has 4 aromatic rings. The minimum Gasteiger partial charge on any atom is -0.419 e. The third-order valence-electron chi connectivity index (χ3n) is 5.96. The summed E-state index contributed by atoms with van der Waals surface area (Å²) >= 11 is 3.60. The summed E-state index contributed by atoms with van der Waals surface area (Å²) in [6, 6.07) is 10.6. The maximum absolute atomic E-state index is 6.02. The van der Waals surface area contributed by atoms with Crippen LogP contribution in [0.4, 0.5) is 5.13 Å². The highest BCUT2D eigenvalue weighted by Crippen LogP contribution is 2.35. The van der Waals surface area contributed by atoms with Crippen LogP contribution in [-0.2, 0) is 19.4 Å². The predicted molar refractivity (Wildman–Crippen MR) is 121 cm³/mol. The molecule has 0 N–H and O–H groups in total. The van der Waals surface area contributed by atoms with Crippen molar-refractivity contribution in [3.8, 4) is 10.8 Å². The fourth-order valence-electron chi connectivity index (χ4n) is 4.30. The minimum absolute atomic E-state index is 0.678. The van der Waals surface area contributed by atoms with Crippen molar-refractivity contribution in [1.29, 1.82) is 0 Å². The molecule has 1 aliphatic carbocycles. The van der Waals surface area contributed by atoms with Gasteiger partial charge in [0, 0.05) is 31.1 Å². The molecule has 1 saturated heterocycles. The lowest BCUT2D eigenvalue weighted by Gasteiger charge is -2.33. The molecule has 0 unspecified atom stereocenters. The van der Waals surface area contributed by atoms with Crippen molar-refractivity contribution in [1.82, 2.24) is 20.1 Å². The second-order valence-corrected chi connectivity index (χ2v) is 10.1. The summed E-state index contributed by atoms with van der Waals surface area (Å²) in [5.74, 6) is 1.39. The summed E-state index contributed by atoms with van der Waals surface area (Å²) in [6.07, 6.45) is 4.97. The van der Waals surface area contributed by atoms with Crippen LogP contribution in [0.25, 0.3) is 21.0 Å². The number of benzene rings is 1. The highest BCUT2D eigenvalue weighted by Gasteiger charge is 2.22. The SMILES string of the molecule is c1ccc2sc(N3CCN(Cc4nnc(-c5cc6c(s5)CCCC6)o4)CC3)nc2c1. The molecule has 0 spiro atoms. The molecule has 0 saturated carbocycles. The first-order valence-corrected chi connectivity index (χ1v) is 12.2. The molecule has 3 aromatic heterocycles. The lowest BCUT2D eigenvalue weighted by Crippen LogP contribution is -2.46. The number of hydrogen-bond acceptors (Lipinski definition) is 8. The Morgan fingerprint density at radius 1 is 0.967 bits per heavy atom. The number of hydrogen-bond donors (Lipinski definition) is 0. The molecule has 0 atom stereocenters.